The van der Waals surface area contributed by atoms with Gasteiger partial charge in [-0.3, -0.25) is 4.57 Å². The third-order valence-corrected chi connectivity index (χ3v) is 7.18. The second-order valence-corrected chi connectivity index (χ2v) is 9.71. The third kappa shape index (κ3) is 12.0. The number of hydrogen-bond donors (Lipinski definition) is 0. The van der Waals surface area contributed by atoms with Gasteiger partial charge in [0.15, 0.2) is 0 Å². The standard InChI is InChI=1S/C24H43O3P/c1-3-5-6-7-8-9-10-11-12-13-14-15-16-20-23-27-28(25,26-4-2)24-21-18-17-19-22-24/h17-19,21-22H,3-16,20,23H2,1-2H3. The summed E-state index contributed by atoms with van der Waals surface area (Å²) in [6, 6.07) is 9.30. The van der Waals surface area contributed by atoms with Crippen LogP contribution in [0.25, 0.3) is 0 Å². The van der Waals surface area contributed by atoms with Crippen LogP contribution in [0.1, 0.15) is 104 Å². The maximum absolute atomic E-state index is 12.9. The van der Waals surface area contributed by atoms with Gasteiger partial charge in [-0.15, -0.1) is 0 Å². The topological polar surface area (TPSA) is 35.5 Å². The van der Waals surface area contributed by atoms with Crippen molar-refractivity contribution in [2.75, 3.05) is 13.2 Å². The quantitative estimate of drug-likeness (QED) is 0.171. The fourth-order valence-electron chi connectivity index (χ4n) is 3.45. The lowest BCUT2D eigenvalue weighted by molar-refractivity contribution is 0.217. The highest BCUT2D eigenvalue weighted by Crippen LogP contribution is 2.46. The Morgan fingerprint density at radius 3 is 1.57 bits per heavy atom. The summed E-state index contributed by atoms with van der Waals surface area (Å²) >= 11 is 0. The number of rotatable bonds is 19. The highest BCUT2D eigenvalue weighted by Gasteiger charge is 2.26. The normalized spacial score (nSPS) is 13.5. The van der Waals surface area contributed by atoms with Crippen molar-refractivity contribution < 1.29 is 13.6 Å². The molecule has 0 spiro atoms. The Labute approximate surface area is 174 Å². The number of unbranched alkanes of at least 4 members (excludes halogenated alkanes) is 13. The monoisotopic (exact) mass is 410 g/mol. The van der Waals surface area contributed by atoms with Crippen molar-refractivity contribution >= 4 is 12.9 Å². The van der Waals surface area contributed by atoms with Gasteiger partial charge in [0.25, 0.3) is 0 Å². The molecule has 1 aromatic rings. The van der Waals surface area contributed by atoms with E-state index in [1.165, 1.54) is 77.0 Å². The average molecular weight is 411 g/mol. The Morgan fingerprint density at radius 1 is 0.643 bits per heavy atom. The van der Waals surface area contributed by atoms with Gasteiger partial charge in [-0.05, 0) is 25.5 Å². The molecule has 1 rings (SSSR count). The first-order chi connectivity index (χ1) is 13.7. The van der Waals surface area contributed by atoms with E-state index >= 15 is 0 Å². The minimum atomic E-state index is -3.16. The second kappa shape index (κ2) is 17.2. The van der Waals surface area contributed by atoms with E-state index in [1.807, 2.05) is 37.3 Å². The molecule has 0 radical (unpaired) electrons. The summed E-state index contributed by atoms with van der Waals surface area (Å²) in [6.07, 6.45) is 18.6. The molecule has 3 nitrogen and oxygen atoms in total. The van der Waals surface area contributed by atoms with Crippen LogP contribution in [0.2, 0.25) is 0 Å². The smallest absolute Gasteiger partial charge is 0.305 e. The van der Waals surface area contributed by atoms with E-state index in [9.17, 15) is 4.57 Å². The summed E-state index contributed by atoms with van der Waals surface area (Å²) in [4.78, 5) is 0. The SMILES string of the molecule is CCCCCCCCCCCCCCCCOP(=O)(OCC)c1ccccc1. The van der Waals surface area contributed by atoms with Gasteiger partial charge in [0.05, 0.1) is 18.5 Å². The lowest BCUT2D eigenvalue weighted by Gasteiger charge is -2.17. The first kappa shape index (κ1) is 25.4. The predicted octanol–water partition coefficient (Wildman–Crippen LogP) is 8.04. The summed E-state index contributed by atoms with van der Waals surface area (Å²) in [5.74, 6) is 0. The summed E-state index contributed by atoms with van der Waals surface area (Å²) < 4.78 is 24.1. The first-order valence-electron chi connectivity index (χ1n) is 11.7. The van der Waals surface area contributed by atoms with E-state index in [0.29, 0.717) is 18.5 Å². The van der Waals surface area contributed by atoms with Crippen LogP contribution in [-0.4, -0.2) is 13.2 Å². The van der Waals surface area contributed by atoms with E-state index in [2.05, 4.69) is 6.92 Å². The Bertz CT molecular complexity index is 504. The molecular weight excluding hydrogens is 367 g/mol. The van der Waals surface area contributed by atoms with E-state index < -0.39 is 7.60 Å². The van der Waals surface area contributed by atoms with Gasteiger partial charge in [-0.1, -0.05) is 109 Å². The molecule has 0 aliphatic rings. The van der Waals surface area contributed by atoms with Gasteiger partial charge in [0.2, 0.25) is 0 Å². The zero-order valence-corrected chi connectivity index (χ0v) is 19.3. The van der Waals surface area contributed by atoms with Gasteiger partial charge in [0, 0.05) is 0 Å². The highest BCUT2D eigenvalue weighted by atomic mass is 31.2. The molecule has 0 aliphatic heterocycles. The Hall–Kier alpha value is -0.630. The minimum Gasteiger partial charge on any atom is -0.305 e. The Balaban J connectivity index is 1.97. The Morgan fingerprint density at radius 2 is 1.11 bits per heavy atom. The molecule has 1 unspecified atom stereocenters. The van der Waals surface area contributed by atoms with E-state index in [-0.39, 0.29) is 0 Å². The van der Waals surface area contributed by atoms with Gasteiger partial charge < -0.3 is 9.05 Å². The highest BCUT2D eigenvalue weighted by molar-refractivity contribution is 7.62. The summed E-state index contributed by atoms with van der Waals surface area (Å²) in [7, 11) is -3.16. The summed E-state index contributed by atoms with van der Waals surface area (Å²) in [6.45, 7) is 5.03. The van der Waals surface area contributed by atoms with Crippen LogP contribution in [0.15, 0.2) is 30.3 Å². The maximum Gasteiger partial charge on any atom is 0.361 e. The number of benzene rings is 1. The van der Waals surface area contributed by atoms with Crippen LogP contribution in [0.5, 0.6) is 0 Å². The van der Waals surface area contributed by atoms with Crippen molar-refractivity contribution in [1.82, 2.24) is 0 Å². The molecule has 162 valence electrons. The molecule has 1 aromatic carbocycles. The van der Waals surface area contributed by atoms with Crippen LogP contribution in [0.3, 0.4) is 0 Å². The van der Waals surface area contributed by atoms with Crippen molar-refractivity contribution in [2.24, 2.45) is 0 Å². The fourth-order valence-corrected chi connectivity index (χ4v) is 5.07. The largest absolute Gasteiger partial charge is 0.361 e. The van der Waals surface area contributed by atoms with Gasteiger partial charge in [-0.25, -0.2) is 0 Å². The van der Waals surface area contributed by atoms with E-state index in [4.69, 9.17) is 9.05 Å². The van der Waals surface area contributed by atoms with Gasteiger partial charge in [-0.2, -0.15) is 0 Å². The van der Waals surface area contributed by atoms with Crippen molar-refractivity contribution in [2.45, 2.75) is 104 Å². The zero-order valence-electron chi connectivity index (χ0n) is 18.4. The van der Waals surface area contributed by atoms with Gasteiger partial charge >= 0.3 is 7.60 Å². The molecule has 0 heterocycles. The predicted molar refractivity (Wildman–Crippen MR) is 122 cm³/mol. The van der Waals surface area contributed by atoms with Crippen molar-refractivity contribution in [3.63, 3.8) is 0 Å². The third-order valence-electron chi connectivity index (χ3n) is 5.13. The minimum absolute atomic E-state index is 0.394. The van der Waals surface area contributed by atoms with Crippen LogP contribution < -0.4 is 5.30 Å². The fraction of sp³-hybridized carbons (Fsp3) is 0.750. The molecule has 0 amide bonds. The lowest BCUT2D eigenvalue weighted by atomic mass is 10.0. The summed E-state index contributed by atoms with van der Waals surface area (Å²) in [5.41, 5.74) is 0. The van der Waals surface area contributed by atoms with E-state index in [1.54, 1.807) is 0 Å². The second-order valence-electron chi connectivity index (χ2n) is 7.68. The molecule has 0 N–H and O–H groups in total. The average Bonchev–Trinajstić information content (AvgIpc) is 2.72. The van der Waals surface area contributed by atoms with Crippen molar-refractivity contribution in [1.29, 1.82) is 0 Å². The summed E-state index contributed by atoms with van der Waals surface area (Å²) in [5, 5.41) is 0.655. The number of hydrogen-bond acceptors (Lipinski definition) is 3. The molecule has 0 aliphatic carbocycles. The molecule has 0 fully saturated rings. The molecule has 1 atom stereocenters. The molecule has 0 bridgehead atoms. The molecule has 28 heavy (non-hydrogen) atoms. The maximum atomic E-state index is 12.9. The molecule has 0 aromatic heterocycles. The van der Waals surface area contributed by atoms with Crippen LogP contribution >= 0.6 is 7.60 Å². The van der Waals surface area contributed by atoms with Crippen molar-refractivity contribution in [3.8, 4) is 0 Å². The first-order valence-corrected chi connectivity index (χ1v) is 13.2. The molecule has 4 heteroatoms. The van der Waals surface area contributed by atoms with Crippen LogP contribution in [-0.2, 0) is 13.6 Å². The molecule has 0 saturated heterocycles. The molecule has 0 saturated carbocycles. The van der Waals surface area contributed by atoms with Crippen LogP contribution in [0, 0.1) is 0 Å². The van der Waals surface area contributed by atoms with Crippen LogP contribution in [0.4, 0.5) is 0 Å². The molecular formula is C24H43O3P. The van der Waals surface area contributed by atoms with Gasteiger partial charge in [0.1, 0.15) is 0 Å². The van der Waals surface area contributed by atoms with E-state index in [0.717, 1.165) is 12.8 Å². The van der Waals surface area contributed by atoms with Crippen molar-refractivity contribution in [3.05, 3.63) is 30.3 Å². The zero-order chi connectivity index (χ0) is 20.3. The Kier molecular flexibility index (Phi) is 15.6. The lowest BCUT2D eigenvalue weighted by Crippen LogP contribution is -2.10.